The van der Waals surface area contributed by atoms with Crippen LogP contribution in [0.4, 0.5) is 11.6 Å². The number of rotatable bonds is 4. The van der Waals surface area contributed by atoms with Gasteiger partial charge >= 0.3 is 0 Å². The number of anilines is 2. The van der Waals surface area contributed by atoms with Gasteiger partial charge in [0.25, 0.3) is 0 Å². The summed E-state index contributed by atoms with van der Waals surface area (Å²) in [4.78, 5) is 34.3. The lowest BCUT2D eigenvalue weighted by Gasteiger charge is -2.19. The quantitative estimate of drug-likeness (QED) is 0.937. The minimum absolute atomic E-state index is 0.0277. The SMILES string of the molecule is CCc1ccccc1N1CC(C(=O)Nc2ncccn2)CC1=O. The Morgan fingerprint density at radius 1 is 1.26 bits per heavy atom. The van der Waals surface area contributed by atoms with Crippen LogP contribution < -0.4 is 10.2 Å². The van der Waals surface area contributed by atoms with E-state index in [9.17, 15) is 9.59 Å². The predicted molar refractivity (Wildman–Crippen MR) is 86.9 cm³/mol. The van der Waals surface area contributed by atoms with E-state index in [2.05, 4.69) is 22.2 Å². The molecule has 2 heterocycles. The van der Waals surface area contributed by atoms with Crippen molar-refractivity contribution < 1.29 is 9.59 Å². The molecule has 0 saturated carbocycles. The molecule has 1 N–H and O–H groups in total. The predicted octanol–water partition coefficient (Wildman–Crippen LogP) is 2.03. The summed E-state index contributed by atoms with van der Waals surface area (Å²) in [5.74, 6) is -0.380. The molecule has 1 aromatic heterocycles. The third-order valence-corrected chi connectivity index (χ3v) is 3.96. The first kappa shape index (κ1) is 15.1. The van der Waals surface area contributed by atoms with Crippen molar-refractivity contribution in [2.45, 2.75) is 19.8 Å². The Labute approximate surface area is 134 Å². The first-order chi connectivity index (χ1) is 11.2. The molecule has 0 spiro atoms. The average molecular weight is 310 g/mol. The van der Waals surface area contributed by atoms with Gasteiger partial charge in [-0.25, -0.2) is 9.97 Å². The first-order valence-corrected chi connectivity index (χ1v) is 7.65. The Bertz CT molecular complexity index is 718. The molecule has 0 aliphatic carbocycles. The molecule has 1 atom stereocenters. The van der Waals surface area contributed by atoms with Gasteiger partial charge < -0.3 is 4.90 Å². The number of carbonyl (C=O) groups excluding carboxylic acids is 2. The lowest BCUT2D eigenvalue weighted by atomic mass is 10.1. The van der Waals surface area contributed by atoms with Crippen LogP contribution in [0.3, 0.4) is 0 Å². The maximum absolute atomic E-state index is 12.3. The maximum Gasteiger partial charge on any atom is 0.232 e. The van der Waals surface area contributed by atoms with Crippen molar-refractivity contribution in [3.63, 3.8) is 0 Å². The fourth-order valence-corrected chi connectivity index (χ4v) is 2.77. The first-order valence-electron chi connectivity index (χ1n) is 7.65. The van der Waals surface area contributed by atoms with Crippen molar-refractivity contribution in [3.8, 4) is 0 Å². The summed E-state index contributed by atoms with van der Waals surface area (Å²) >= 11 is 0. The number of benzene rings is 1. The molecule has 1 unspecified atom stereocenters. The number of nitrogens with zero attached hydrogens (tertiary/aromatic N) is 3. The smallest absolute Gasteiger partial charge is 0.232 e. The topological polar surface area (TPSA) is 75.2 Å². The number of carbonyl (C=O) groups is 2. The highest BCUT2D eigenvalue weighted by Gasteiger charge is 2.36. The van der Waals surface area contributed by atoms with Gasteiger partial charge in [-0.3, -0.25) is 14.9 Å². The van der Waals surface area contributed by atoms with Crippen LogP contribution in [0.2, 0.25) is 0 Å². The fraction of sp³-hybridized carbons (Fsp3) is 0.294. The van der Waals surface area contributed by atoms with Crippen LogP contribution in [0.25, 0.3) is 0 Å². The second-order valence-electron chi connectivity index (χ2n) is 5.45. The van der Waals surface area contributed by atoms with Gasteiger partial charge in [0.2, 0.25) is 17.8 Å². The molecule has 6 nitrogen and oxygen atoms in total. The highest BCUT2D eigenvalue weighted by Crippen LogP contribution is 2.28. The second-order valence-corrected chi connectivity index (χ2v) is 5.45. The molecular weight excluding hydrogens is 292 g/mol. The summed E-state index contributed by atoms with van der Waals surface area (Å²) in [6.07, 6.45) is 4.17. The Morgan fingerprint density at radius 3 is 2.74 bits per heavy atom. The number of aromatic nitrogens is 2. The van der Waals surface area contributed by atoms with Crippen LogP contribution in [0.1, 0.15) is 18.9 Å². The Morgan fingerprint density at radius 2 is 2.00 bits per heavy atom. The molecule has 0 bridgehead atoms. The lowest BCUT2D eigenvalue weighted by Crippen LogP contribution is -2.29. The van der Waals surface area contributed by atoms with Crippen LogP contribution in [0.5, 0.6) is 0 Å². The fourth-order valence-electron chi connectivity index (χ4n) is 2.77. The number of hydrogen-bond acceptors (Lipinski definition) is 4. The standard InChI is InChI=1S/C17H18N4O2/c1-2-12-6-3-4-7-14(12)21-11-13(10-15(21)22)16(23)20-17-18-8-5-9-19-17/h3-9,13H,2,10-11H2,1H3,(H,18,19,20,23). The molecule has 1 fully saturated rings. The highest BCUT2D eigenvalue weighted by atomic mass is 16.2. The number of hydrogen-bond donors (Lipinski definition) is 1. The van der Waals surface area contributed by atoms with Crippen molar-refractivity contribution in [1.82, 2.24) is 9.97 Å². The molecule has 1 aromatic carbocycles. The Balaban J connectivity index is 1.73. The van der Waals surface area contributed by atoms with Gasteiger partial charge in [0.15, 0.2) is 0 Å². The van der Waals surface area contributed by atoms with Crippen molar-refractivity contribution in [2.24, 2.45) is 5.92 Å². The Hall–Kier alpha value is -2.76. The van der Waals surface area contributed by atoms with Crippen molar-refractivity contribution in [2.75, 3.05) is 16.8 Å². The average Bonchev–Trinajstić information content (AvgIpc) is 2.97. The minimum atomic E-state index is -0.392. The molecule has 2 aromatic rings. The van der Waals surface area contributed by atoms with Gasteiger partial charge in [-0.1, -0.05) is 25.1 Å². The van der Waals surface area contributed by atoms with Crippen LogP contribution in [-0.4, -0.2) is 28.3 Å². The van der Waals surface area contributed by atoms with Crippen molar-refractivity contribution in [1.29, 1.82) is 0 Å². The molecule has 2 amide bonds. The second kappa shape index (κ2) is 6.56. The lowest BCUT2D eigenvalue weighted by molar-refractivity contribution is -0.122. The zero-order chi connectivity index (χ0) is 16.2. The molecule has 6 heteroatoms. The molecule has 3 rings (SSSR count). The Kier molecular flexibility index (Phi) is 4.32. The van der Waals surface area contributed by atoms with Crippen molar-refractivity contribution in [3.05, 3.63) is 48.3 Å². The summed E-state index contributed by atoms with van der Waals surface area (Å²) in [6.45, 7) is 2.44. The molecular formula is C17H18N4O2. The summed E-state index contributed by atoms with van der Waals surface area (Å²) in [5.41, 5.74) is 2.00. The van der Waals surface area contributed by atoms with E-state index in [1.807, 2.05) is 24.3 Å². The zero-order valence-electron chi connectivity index (χ0n) is 12.9. The van der Waals surface area contributed by atoms with E-state index in [0.29, 0.717) is 6.54 Å². The van der Waals surface area contributed by atoms with Crippen LogP contribution in [0.15, 0.2) is 42.7 Å². The van der Waals surface area contributed by atoms with Gasteiger partial charge in [-0.2, -0.15) is 0 Å². The number of aryl methyl sites for hydroxylation is 1. The normalized spacial score (nSPS) is 17.3. The van der Waals surface area contributed by atoms with Crippen LogP contribution in [0, 0.1) is 5.92 Å². The molecule has 118 valence electrons. The van der Waals surface area contributed by atoms with Gasteiger partial charge in [-0.15, -0.1) is 0 Å². The van der Waals surface area contributed by atoms with E-state index < -0.39 is 5.92 Å². The van der Waals surface area contributed by atoms with E-state index in [4.69, 9.17) is 0 Å². The third-order valence-electron chi connectivity index (χ3n) is 3.96. The summed E-state index contributed by atoms with van der Waals surface area (Å²) in [6, 6.07) is 9.48. The molecule has 1 saturated heterocycles. The van der Waals surface area contributed by atoms with E-state index in [-0.39, 0.29) is 24.2 Å². The zero-order valence-corrected chi connectivity index (χ0v) is 12.9. The van der Waals surface area contributed by atoms with Crippen LogP contribution in [-0.2, 0) is 16.0 Å². The van der Waals surface area contributed by atoms with Gasteiger partial charge in [0.1, 0.15) is 0 Å². The van der Waals surface area contributed by atoms with E-state index in [0.717, 1.165) is 17.7 Å². The van der Waals surface area contributed by atoms with Crippen LogP contribution >= 0.6 is 0 Å². The molecule has 1 aliphatic heterocycles. The minimum Gasteiger partial charge on any atom is -0.311 e. The number of para-hydroxylation sites is 1. The number of amides is 2. The maximum atomic E-state index is 12.3. The van der Waals surface area contributed by atoms with Gasteiger partial charge in [-0.05, 0) is 24.1 Å². The number of nitrogens with one attached hydrogen (secondary N) is 1. The summed E-state index contributed by atoms with van der Waals surface area (Å²) in [5, 5.41) is 2.66. The summed E-state index contributed by atoms with van der Waals surface area (Å²) < 4.78 is 0. The largest absolute Gasteiger partial charge is 0.311 e. The van der Waals surface area contributed by atoms with E-state index >= 15 is 0 Å². The van der Waals surface area contributed by atoms with Gasteiger partial charge in [0, 0.05) is 31.0 Å². The van der Waals surface area contributed by atoms with E-state index in [1.165, 1.54) is 0 Å². The van der Waals surface area contributed by atoms with Crippen molar-refractivity contribution >= 4 is 23.5 Å². The summed E-state index contributed by atoms with van der Waals surface area (Å²) in [7, 11) is 0. The molecule has 0 radical (unpaired) electrons. The van der Waals surface area contributed by atoms with Gasteiger partial charge in [0.05, 0.1) is 5.92 Å². The third kappa shape index (κ3) is 3.21. The highest BCUT2D eigenvalue weighted by molar-refractivity contribution is 6.03. The monoisotopic (exact) mass is 310 g/mol. The molecule has 1 aliphatic rings. The van der Waals surface area contributed by atoms with E-state index in [1.54, 1.807) is 23.4 Å². The molecule has 23 heavy (non-hydrogen) atoms.